The zero-order chi connectivity index (χ0) is 14.5. The molecule has 1 fully saturated rings. The van der Waals surface area contributed by atoms with Crippen LogP contribution >= 0.6 is 0 Å². The van der Waals surface area contributed by atoms with E-state index in [9.17, 15) is 4.79 Å². The molecule has 0 atom stereocenters. The Labute approximate surface area is 124 Å². The first-order valence-corrected chi connectivity index (χ1v) is 7.33. The van der Waals surface area contributed by atoms with Gasteiger partial charge in [0.1, 0.15) is 6.26 Å². The molecule has 1 aliphatic heterocycles. The van der Waals surface area contributed by atoms with Gasteiger partial charge in [0.15, 0.2) is 6.39 Å². The predicted molar refractivity (Wildman–Crippen MR) is 81.3 cm³/mol. The van der Waals surface area contributed by atoms with Crippen molar-refractivity contribution in [2.75, 3.05) is 23.3 Å². The zero-order valence-corrected chi connectivity index (χ0v) is 11.9. The number of hydrogen-bond acceptors (Lipinski definition) is 4. The molecular formula is C16H19N3O2. The third kappa shape index (κ3) is 3.62. The van der Waals surface area contributed by atoms with Gasteiger partial charge in [0.25, 0.3) is 0 Å². The number of aromatic nitrogens is 1. The van der Waals surface area contributed by atoms with E-state index in [1.165, 1.54) is 37.6 Å². The van der Waals surface area contributed by atoms with Gasteiger partial charge in [-0.1, -0.05) is 0 Å². The molecule has 5 heteroatoms. The number of carbonyl (C=O) groups excluding carboxylic acids is 1. The molecule has 0 aliphatic carbocycles. The van der Waals surface area contributed by atoms with Crippen LogP contribution in [-0.4, -0.2) is 24.0 Å². The fourth-order valence-corrected chi connectivity index (χ4v) is 2.60. The average Bonchev–Trinajstić information content (AvgIpc) is 3.02. The van der Waals surface area contributed by atoms with Gasteiger partial charge in [-0.25, -0.2) is 4.98 Å². The second kappa shape index (κ2) is 6.43. The molecular weight excluding hydrogens is 266 g/mol. The summed E-state index contributed by atoms with van der Waals surface area (Å²) in [6.45, 7) is 2.25. The zero-order valence-electron chi connectivity index (χ0n) is 11.9. The fraction of sp³-hybridized carbons (Fsp3) is 0.375. The van der Waals surface area contributed by atoms with Crippen LogP contribution in [-0.2, 0) is 11.2 Å². The van der Waals surface area contributed by atoms with Gasteiger partial charge < -0.3 is 14.6 Å². The number of rotatable bonds is 4. The second-order valence-electron chi connectivity index (χ2n) is 5.30. The summed E-state index contributed by atoms with van der Waals surface area (Å²) in [7, 11) is 0. The van der Waals surface area contributed by atoms with Crippen molar-refractivity contribution in [3.05, 3.63) is 42.6 Å². The Morgan fingerprint density at radius 1 is 1.19 bits per heavy atom. The predicted octanol–water partition coefficient (Wildman–Crippen LogP) is 2.85. The minimum atomic E-state index is -0.0883. The lowest BCUT2D eigenvalue weighted by molar-refractivity contribution is -0.115. The number of hydrogen-bond donors (Lipinski definition) is 1. The van der Waals surface area contributed by atoms with Gasteiger partial charge in [-0.15, -0.1) is 0 Å². The maximum atomic E-state index is 11.9. The minimum absolute atomic E-state index is 0.0883. The Balaban J connectivity index is 1.57. The molecule has 0 unspecified atom stereocenters. The van der Waals surface area contributed by atoms with E-state index in [1.807, 2.05) is 12.1 Å². The SMILES string of the molecule is O=C(Cc1cocn1)Nc1ccc(N2CCCCC2)cc1. The third-order valence-corrected chi connectivity index (χ3v) is 3.70. The van der Waals surface area contributed by atoms with Crippen molar-refractivity contribution in [2.24, 2.45) is 0 Å². The lowest BCUT2D eigenvalue weighted by Gasteiger charge is -2.28. The van der Waals surface area contributed by atoms with Crippen LogP contribution in [0.5, 0.6) is 0 Å². The molecule has 1 N–H and O–H groups in total. The van der Waals surface area contributed by atoms with Gasteiger partial charge in [0, 0.05) is 24.5 Å². The van der Waals surface area contributed by atoms with Crippen LogP contribution < -0.4 is 10.2 Å². The van der Waals surface area contributed by atoms with Crippen LogP contribution in [0.25, 0.3) is 0 Å². The van der Waals surface area contributed by atoms with Crippen molar-refractivity contribution in [1.29, 1.82) is 0 Å². The summed E-state index contributed by atoms with van der Waals surface area (Å²) in [5.74, 6) is -0.0883. The summed E-state index contributed by atoms with van der Waals surface area (Å²) in [4.78, 5) is 18.2. The Morgan fingerprint density at radius 2 is 1.95 bits per heavy atom. The molecule has 1 saturated heterocycles. The van der Waals surface area contributed by atoms with Gasteiger partial charge >= 0.3 is 0 Å². The van der Waals surface area contributed by atoms with Gasteiger partial charge in [0.05, 0.1) is 12.1 Å². The number of nitrogens with zero attached hydrogens (tertiary/aromatic N) is 2. The number of piperidine rings is 1. The maximum absolute atomic E-state index is 11.9. The molecule has 0 radical (unpaired) electrons. The Bertz CT molecular complexity index is 572. The van der Waals surface area contributed by atoms with Crippen molar-refractivity contribution < 1.29 is 9.21 Å². The first-order chi connectivity index (χ1) is 10.3. The van der Waals surface area contributed by atoms with Gasteiger partial charge in [0.2, 0.25) is 5.91 Å². The summed E-state index contributed by atoms with van der Waals surface area (Å²) in [6, 6.07) is 8.03. The Morgan fingerprint density at radius 3 is 2.62 bits per heavy atom. The van der Waals surface area contributed by atoms with Crippen LogP contribution in [0, 0.1) is 0 Å². The Hall–Kier alpha value is -2.30. The van der Waals surface area contributed by atoms with E-state index >= 15 is 0 Å². The highest BCUT2D eigenvalue weighted by molar-refractivity contribution is 5.92. The van der Waals surface area contributed by atoms with Crippen molar-refractivity contribution in [3.8, 4) is 0 Å². The summed E-state index contributed by atoms with van der Waals surface area (Å²) in [6.07, 6.45) is 6.89. The normalized spacial score (nSPS) is 15.0. The summed E-state index contributed by atoms with van der Waals surface area (Å²) < 4.78 is 4.85. The second-order valence-corrected chi connectivity index (χ2v) is 5.30. The lowest BCUT2D eigenvalue weighted by atomic mass is 10.1. The summed E-state index contributed by atoms with van der Waals surface area (Å²) >= 11 is 0. The van der Waals surface area contributed by atoms with Crippen molar-refractivity contribution in [2.45, 2.75) is 25.7 Å². The molecule has 5 nitrogen and oxygen atoms in total. The highest BCUT2D eigenvalue weighted by Crippen LogP contribution is 2.21. The first-order valence-electron chi connectivity index (χ1n) is 7.33. The molecule has 2 heterocycles. The fourth-order valence-electron chi connectivity index (χ4n) is 2.60. The van der Waals surface area contributed by atoms with Crippen LogP contribution in [0.4, 0.5) is 11.4 Å². The molecule has 3 rings (SSSR count). The van der Waals surface area contributed by atoms with Gasteiger partial charge in [-0.05, 0) is 43.5 Å². The van der Waals surface area contributed by atoms with Crippen molar-refractivity contribution in [1.82, 2.24) is 4.98 Å². The van der Waals surface area contributed by atoms with Crippen LogP contribution in [0.15, 0.2) is 41.3 Å². The molecule has 1 aromatic heterocycles. The molecule has 1 amide bonds. The number of nitrogens with one attached hydrogen (secondary N) is 1. The quantitative estimate of drug-likeness (QED) is 0.938. The maximum Gasteiger partial charge on any atom is 0.230 e. The molecule has 1 aromatic carbocycles. The van der Waals surface area contributed by atoms with E-state index in [-0.39, 0.29) is 12.3 Å². The number of amides is 1. The van der Waals surface area contributed by atoms with E-state index in [0.29, 0.717) is 5.69 Å². The molecule has 21 heavy (non-hydrogen) atoms. The monoisotopic (exact) mass is 285 g/mol. The Kier molecular flexibility index (Phi) is 4.19. The van der Waals surface area contributed by atoms with E-state index in [1.54, 1.807) is 0 Å². The standard InChI is InChI=1S/C16H19N3O2/c20-16(10-14-11-21-12-17-14)18-13-4-6-15(7-5-13)19-8-2-1-3-9-19/h4-7,11-12H,1-3,8-10H2,(H,18,20). The van der Waals surface area contributed by atoms with Crippen molar-refractivity contribution >= 4 is 17.3 Å². The summed E-state index contributed by atoms with van der Waals surface area (Å²) in [5, 5.41) is 2.87. The first kappa shape index (κ1) is 13.7. The molecule has 1 aliphatic rings. The summed E-state index contributed by atoms with van der Waals surface area (Å²) in [5.41, 5.74) is 2.67. The van der Waals surface area contributed by atoms with E-state index in [2.05, 4.69) is 27.3 Å². The molecule has 0 saturated carbocycles. The molecule has 2 aromatic rings. The van der Waals surface area contributed by atoms with E-state index in [0.717, 1.165) is 18.8 Å². The van der Waals surface area contributed by atoms with Crippen LogP contribution in [0.3, 0.4) is 0 Å². The molecule has 0 spiro atoms. The van der Waals surface area contributed by atoms with Crippen LogP contribution in [0.1, 0.15) is 25.0 Å². The highest BCUT2D eigenvalue weighted by atomic mass is 16.3. The number of oxazole rings is 1. The lowest BCUT2D eigenvalue weighted by Crippen LogP contribution is -2.29. The largest absolute Gasteiger partial charge is 0.451 e. The van der Waals surface area contributed by atoms with Crippen molar-refractivity contribution in [3.63, 3.8) is 0 Å². The van der Waals surface area contributed by atoms with Gasteiger partial charge in [-0.3, -0.25) is 4.79 Å². The number of anilines is 2. The minimum Gasteiger partial charge on any atom is -0.451 e. The smallest absolute Gasteiger partial charge is 0.230 e. The average molecular weight is 285 g/mol. The van der Waals surface area contributed by atoms with Crippen LogP contribution in [0.2, 0.25) is 0 Å². The van der Waals surface area contributed by atoms with E-state index < -0.39 is 0 Å². The number of benzene rings is 1. The number of carbonyl (C=O) groups is 1. The third-order valence-electron chi connectivity index (χ3n) is 3.70. The topological polar surface area (TPSA) is 58.4 Å². The molecule has 110 valence electrons. The van der Waals surface area contributed by atoms with E-state index in [4.69, 9.17) is 4.42 Å². The van der Waals surface area contributed by atoms with Gasteiger partial charge in [-0.2, -0.15) is 0 Å². The molecule has 0 bridgehead atoms. The highest BCUT2D eigenvalue weighted by Gasteiger charge is 2.11.